The molecule has 0 radical (unpaired) electrons. The first-order valence-electron chi connectivity index (χ1n) is 7.81. The van der Waals surface area contributed by atoms with Gasteiger partial charge >= 0.3 is 0 Å². The molecule has 0 bridgehead atoms. The van der Waals surface area contributed by atoms with Gasteiger partial charge in [-0.25, -0.2) is 0 Å². The Bertz CT molecular complexity index is 367. The Labute approximate surface area is 121 Å². The second kappa shape index (κ2) is 6.12. The fraction of sp³-hybridized carbons (Fsp3) is 0.867. The molecule has 2 aliphatic rings. The van der Waals surface area contributed by atoms with Gasteiger partial charge in [-0.2, -0.15) is 0 Å². The summed E-state index contributed by atoms with van der Waals surface area (Å²) in [6, 6.07) is 0.166. The van der Waals surface area contributed by atoms with Crippen LogP contribution >= 0.6 is 0 Å². The molecule has 0 aromatic carbocycles. The van der Waals surface area contributed by atoms with Crippen molar-refractivity contribution in [2.45, 2.75) is 64.0 Å². The summed E-state index contributed by atoms with van der Waals surface area (Å²) < 4.78 is 0. The van der Waals surface area contributed by atoms with Gasteiger partial charge in [0.2, 0.25) is 11.8 Å². The lowest BCUT2D eigenvalue weighted by atomic mass is 9.96. The van der Waals surface area contributed by atoms with Crippen molar-refractivity contribution in [3.05, 3.63) is 0 Å². The van der Waals surface area contributed by atoms with Crippen molar-refractivity contribution in [1.29, 1.82) is 0 Å². The highest BCUT2D eigenvalue weighted by Gasteiger charge is 2.38. The van der Waals surface area contributed by atoms with E-state index in [-0.39, 0.29) is 23.8 Å². The van der Waals surface area contributed by atoms with Gasteiger partial charge < -0.3 is 16.0 Å². The quantitative estimate of drug-likeness (QED) is 0.811. The van der Waals surface area contributed by atoms with Gasteiger partial charge in [0.05, 0.1) is 5.54 Å². The molecule has 0 aromatic rings. The van der Waals surface area contributed by atoms with E-state index < -0.39 is 5.54 Å². The fourth-order valence-electron chi connectivity index (χ4n) is 3.17. The molecule has 1 aliphatic carbocycles. The summed E-state index contributed by atoms with van der Waals surface area (Å²) in [5.74, 6) is 0.261. The summed E-state index contributed by atoms with van der Waals surface area (Å²) >= 11 is 0. The molecule has 1 aliphatic heterocycles. The summed E-state index contributed by atoms with van der Waals surface area (Å²) in [5.41, 5.74) is 5.51. The SMILES string of the molecule is CC(C)C(=O)N1CCC(NC(=O)C2(N)CCCC2)CC1. The van der Waals surface area contributed by atoms with E-state index in [4.69, 9.17) is 5.73 Å². The Morgan fingerprint density at radius 2 is 1.75 bits per heavy atom. The lowest BCUT2D eigenvalue weighted by Crippen LogP contribution is -2.56. The van der Waals surface area contributed by atoms with Gasteiger partial charge in [0.1, 0.15) is 0 Å². The van der Waals surface area contributed by atoms with Gasteiger partial charge in [-0.1, -0.05) is 26.7 Å². The third-order valence-corrected chi connectivity index (χ3v) is 4.58. The zero-order valence-electron chi connectivity index (χ0n) is 12.7. The molecule has 0 atom stereocenters. The van der Waals surface area contributed by atoms with Crippen LogP contribution in [0.25, 0.3) is 0 Å². The Kier molecular flexibility index (Phi) is 4.68. The van der Waals surface area contributed by atoms with Gasteiger partial charge in [-0.3, -0.25) is 9.59 Å². The van der Waals surface area contributed by atoms with E-state index in [1.54, 1.807) is 0 Å². The maximum Gasteiger partial charge on any atom is 0.240 e. The lowest BCUT2D eigenvalue weighted by Gasteiger charge is -2.35. The van der Waals surface area contributed by atoms with Crippen molar-refractivity contribution in [3.8, 4) is 0 Å². The van der Waals surface area contributed by atoms with Crippen molar-refractivity contribution in [2.75, 3.05) is 13.1 Å². The zero-order chi connectivity index (χ0) is 14.8. The maximum atomic E-state index is 12.2. The summed E-state index contributed by atoms with van der Waals surface area (Å²) in [5, 5.41) is 3.09. The molecule has 0 unspecified atom stereocenters. The summed E-state index contributed by atoms with van der Waals surface area (Å²) in [6.07, 6.45) is 5.35. The van der Waals surface area contributed by atoms with Crippen LogP contribution in [0.4, 0.5) is 0 Å². The highest BCUT2D eigenvalue weighted by atomic mass is 16.2. The highest BCUT2D eigenvalue weighted by molar-refractivity contribution is 5.86. The average Bonchev–Trinajstić information content (AvgIpc) is 2.87. The van der Waals surface area contributed by atoms with E-state index in [2.05, 4.69) is 5.32 Å². The minimum atomic E-state index is -0.648. The number of rotatable bonds is 3. The smallest absolute Gasteiger partial charge is 0.240 e. The minimum absolute atomic E-state index is 0.00337. The van der Waals surface area contributed by atoms with Gasteiger partial charge in [-0.15, -0.1) is 0 Å². The molecule has 2 rings (SSSR count). The molecule has 1 saturated heterocycles. The van der Waals surface area contributed by atoms with Crippen molar-refractivity contribution in [1.82, 2.24) is 10.2 Å². The first-order valence-corrected chi connectivity index (χ1v) is 7.81. The molecule has 0 aromatic heterocycles. The predicted octanol–water partition coefficient (Wildman–Crippen LogP) is 1.02. The number of carbonyl (C=O) groups excluding carboxylic acids is 2. The number of hydrogen-bond acceptors (Lipinski definition) is 3. The van der Waals surface area contributed by atoms with Crippen LogP contribution in [0.15, 0.2) is 0 Å². The summed E-state index contributed by atoms with van der Waals surface area (Å²) in [4.78, 5) is 26.1. The summed E-state index contributed by atoms with van der Waals surface area (Å²) in [6.45, 7) is 5.32. The number of nitrogens with one attached hydrogen (secondary N) is 1. The Balaban J connectivity index is 1.80. The zero-order valence-corrected chi connectivity index (χ0v) is 12.7. The van der Waals surface area contributed by atoms with Crippen LogP contribution in [0.2, 0.25) is 0 Å². The van der Waals surface area contributed by atoms with Crippen molar-refractivity contribution in [3.63, 3.8) is 0 Å². The Morgan fingerprint density at radius 3 is 2.25 bits per heavy atom. The van der Waals surface area contributed by atoms with Crippen LogP contribution in [0.5, 0.6) is 0 Å². The monoisotopic (exact) mass is 281 g/mol. The van der Waals surface area contributed by atoms with Crippen molar-refractivity contribution < 1.29 is 9.59 Å². The van der Waals surface area contributed by atoms with E-state index in [1.165, 1.54) is 0 Å². The van der Waals surface area contributed by atoms with Crippen LogP contribution in [0.3, 0.4) is 0 Å². The van der Waals surface area contributed by atoms with E-state index >= 15 is 0 Å². The number of piperidine rings is 1. The van der Waals surface area contributed by atoms with Gasteiger partial charge in [0.15, 0.2) is 0 Å². The molecule has 0 spiro atoms. The van der Waals surface area contributed by atoms with Crippen LogP contribution in [0, 0.1) is 5.92 Å². The first kappa shape index (κ1) is 15.3. The molecule has 3 N–H and O–H groups in total. The molecule has 1 saturated carbocycles. The van der Waals surface area contributed by atoms with Crippen molar-refractivity contribution in [2.24, 2.45) is 11.7 Å². The van der Waals surface area contributed by atoms with Crippen LogP contribution in [-0.4, -0.2) is 41.4 Å². The second-order valence-corrected chi connectivity index (χ2v) is 6.59. The molecule has 5 nitrogen and oxygen atoms in total. The van der Waals surface area contributed by atoms with Crippen LogP contribution < -0.4 is 11.1 Å². The third kappa shape index (κ3) is 3.32. The molecule has 2 fully saturated rings. The van der Waals surface area contributed by atoms with Crippen molar-refractivity contribution >= 4 is 11.8 Å². The lowest BCUT2D eigenvalue weighted by molar-refractivity contribution is -0.135. The van der Waals surface area contributed by atoms with E-state index in [1.807, 2.05) is 18.7 Å². The normalized spacial score (nSPS) is 23.1. The number of nitrogens with two attached hydrogens (primary N) is 1. The molecule has 20 heavy (non-hydrogen) atoms. The van der Waals surface area contributed by atoms with Crippen LogP contribution in [0.1, 0.15) is 52.4 Å². The number of hydrogen-bond donors (Lipinski definition) is 2. The van der Waals surface area contributed by atoms with E-state index in [0.717, 1.165) is 51.6 Å². The maximum absolute atomic E-state index is 12.2. The molecular weight excluding hydrogens is 254 g/mol. The highest BCUT2D eigenvalue weighted by Crippen LogP contribution is 2.27. The fourth-order valence-corrected chi connectivity index (χ4v) is 3.17. The predicted molar refractivity (Wildman–Crippen MR) is 78.0 cm³/mol. The molecular formula is C15H27N3O2. The largest absolute Gasteiger partial charge is 0.352 e. The van der Waals surface area contributed by atoms with E-state index in [9.17, 15) is 9.59 Å². The number of carbonyl (C=O) groups is 2. The van der Waals surface area contributed by atoms with Crippen LogP contribution in [-0.2, 0) is 9.59 Å². The Morgan fingerprint density at radius 1 is 1.20 bits per heavy atom. The average molecular weight is 281 g/mol. The minimum Gasteiger partial charge on any atom is -0.352 e. The Hall–Kier alpha value is -1.10. The molecule has 2 amide bonds. The third-order valence-electron chi connectivity index (χ3n) is 4.58. The van der Waals surface area contributed by atoms with Gasteiger partial charge in [0, 0.05) is 25.0 Å². The molecule has 1 heterocycles. The summed E-state index contributed by atoms with van der Waals surface area (Å²) in [7, 11) is 0. The topological polar surface area (TPSA) is 75.4 Å². The molecule has 114 valence electrons. The number of amides is 2. The standard InChI is InChI=1S/C15H27N3O2/c1-11(2)13(19)18-9-5-12(6-10-18)17-14(20)15(16)7-3-4-8-15/h11-12H,3-10,16H2,1-2H3,(H,17,20). The second-order valence-electron chi connectivity index (χ2n) is 6.59. The van der Waals surface area contributed by atoms with Gasteiger partial charge in [0.25, 0.3) is 0 Å². The van der Waals surface area contributed by atoms with Gasteiger partial charge in [-0.05, 0) is 25.7 Å². The number of likely N-dealkylation sites (tertiary alicyclic amines) is 1. The number of nitrogens with zero attached hydrogens (tertiary/aromatic N) is 1. The molecule has 5 heteroatoms. The first-order chi connectivity index (χ1) is 9.42. The van der Waals surface area contributed by atoms with E-state index in [0.29, 0.717) is 0 Å².